The van der Waals surface area contributed by atoms with E-state index in [1.54, 1.807) is 12.1 Å². The SMILES string of the molecule is O=C(O)c1ccc(N(CC2CC2)CC2CC2)c(Cl)c1. The Balaban J connectivity index is 1.80. The summed E-state index contributed by atoms with van der Waals surface area (Å²) in [6, 6.07) is 5.07. The van der Waals surface area contributed by atoms with E-state index in [1.165, 1.54) is 25.7 Å². The second kappa shape index (κ2) is 5.04. The minimum absolute atomic E-state index is 0.256. The summed E-state index contributed by atoms with van der Waals surface area (Å²) in [4.78, 5) is 13.3. The van der Waals surface area contributed by atoms with Gasteiger partial charge in [-0.2, -0.15) is 0 Å². The molecule has 0 saturated heterocycles. The molecule has 0 amide bonds. The molecule has 0 aromatic heterocycles. The first-order valence-electron chi connectivity index (χ1n) is 6.91. The van der Waals surface area contributed by atoms with Gasteiger partial charge in [0.25, 0.3) is 0 Å². The molecular weight excluding hydrogens is 262 g/mol. The van der Waals surface area contributed by atoms with Crippen molar-refractivity contribution in [1.29, 1.82) is 0 Å². The first-order chi connectivity index (χ1) is 9.13. The average Bonchev–Trinajstić information content (AvgIpc) is 3.23. The zero-order chi connectivity index (χ0) is 13.4. The predicted molar refractivity (Wildman–Crippen MR) is 76.1 cm³/mol. The Bertz CT molecular complexity index is 481. The Morgan fingerprint density at radius 2 is 1.79 bits per heavy atom. The van der Waals surface area contributed by atoms with E-state index < -0.39 is 5.97 Å². The molecule has 2 aliphatic rings. The number of rotatable bonds is 6. The molecule has 0 radical (unpaired) electrons. The standard InChI is InChI=1S/C15H18ClNO2/c16-13-7-12(15(18)19)5-6-14(13)17(8-10-1-2-10)9-11-3-4-11/h5-7,10-11H,1-4,8-9H2,(H,18,19). The number of anilines is 1. The van der Waals surface area contributed by atoms with Crippen molar-refractivity contribution in [2.75, 3.05) is 18.0 Å². The monoisotopic (exact) mass is 279 g/mol. The maximum absolute atomic E-state index is 10.9. The highest BCUT2D eigenvalue weighted by molar-refractivity contribution is 6.33. The van der Waals surface area contributed by atoms with Crippen LogP contribution in [0, 0.1) is 11.8 Å². The molecule has 3 rings (SSSR count). The van der Waals surface area contributed by atoms with Crippen molar-refractivity contribution < 1.29 is 9.90 Å². The number of hydrogen-bond acceptors (Lipinski definition) is 2. The smallest absolute Gasteiger partial charge is 0.335 e. The molecule has 2 aliphatic carbocycles. The Morgan fingerprint density at radius 3 is 2.21 bits per heavy atom. The number of benzene rings is 1. The van der Waals surface area contributed by atoms with Crippen LogP contribution in [-0.2, 0) is 0 Å². The van der Waals surface area contributed by atoms with Gasteiger partial charge < -0.3 is 10.0 Å². The van der Waals surface area contributed by atoms with Crippen molar-refractivity contribution in [2.45, 2.75) is 25.7 Å². The topological polar surface area (TPSA) is 40.5 Å². The normalized spacial score (nSPS) is 18.4. The molecule has 0 heterocycles. The van der Waals surface area contributed by atoms with E-state index in [0.717, 1.165) is 30.6 Å². The van der Waals surface area contributed by atoms with Crippen molar-refractivity contribution in [3.8, 4) is 0 Å². The minimum atomic E-state index is -0.926. The third-order valence-corrected chi connectivity index (χ3v) is 4.19. The Kier molecular flexibility index (Phi) is 3.40. The second-order valence-electron chi connectivity index (χ2n) is 5.76. The van der Waals surface area contributed by atoms with E-state index in [0.29, 0.717) is 5.02 Å². The molecule has 1 aromatic carbocycles. The number of carbonyl (C=O) groups is 1. The van der Waals surface area contributed by atoms with Crippen molar-refractivity contribution in [2.24, 2.45) is 11.8 Å². The van der Waals surface area contributed by atoms with Gasteiger partial charge in [0.05, 0.1) is 16.3 Å². The highest BCUT2D eigenvalue weighted by atomic mass is 35.5. The van der Waals surface area contributed by atoms with Crippen molar-refractivity contribution in [3.05, 3.63) is 28.8 Å². The van der Waals surface area contributed by atoms with Gasteiger partial charge in [-0.25, -0.2) is 4.79 Å². The van der Waals surface area contributed by atoms with E-state index >= 15 is 0 Å². The van der Waals surface area contributed by atoms with Crippen LogP contribution in [-0.4, -0.2) is 24.2 Å². The van der Waals surface area contributed by atoms with Gasteiger partial charge in [-0.15, -0.1) is 0 Å². The summed E-state index contributed by atoms with van der Waals surface area (Å²) < 4.78 is 0. The van der Waals surface area contributed by atoms with Crippen LogP contribution in [0.5, 0.6) is 0 Å². The number of halogens is 1. The summed E-state index contributed by atoms with van der Waals surface area (Å²) in [5.41, 5.74) is 1.25. The molecule has 4 heteroatoms. The molecule has 102 valence electrons. The van der Waals surface area contributed by atoms with Gasteiger partial charge in [0.15, 0.2) is 0 Å². The van der Waals surface area contributed by atoms with Crippen LogP contribution < -0.4 is 4.90 Å². The van der Waals surface area contributed by atoms with Gasteiger partial charge in [0, 0.05) is 13.1 Å². The molecule has 1 N–H and O–H groups in total. The lowest BCUT2D eigenvalue weighted by Crippen LogP contribution is -2.28. The number of aromatic carboxylic acids is 1. The molecule has 2 fully saturated rings. The summed E-state index contributed by atoms with van der Waals surface area (Å²) in [5, 5.41) is 9.53. The quantitative estimate of drug-likeness (QED) is 0.864. The number of hydrogen-bond donors (Lipinski definition) is 1. The highest BCUT2D eigenvalue weighted by Gasteiger charge is 2.30. The lowest BCUT2D eigenvalue weighted by Gasteiger charge is -2.26. The largest absolute Gasteiger partial charge is 0.478 e. The third kappa shape index (κ3) is 3.21. The molecule has 0 aliphatic heterocycles. The summed E-state index contributed by atoms with van der Waals surface area (Å²) >= 11 is 6.27. The van der Waals surface area contributed by atoms with E-state index in [-0.39, 0.29) is 5.56 Å². The lowest BCUT2D eigenvalue weighted by molar-refractivity contribution is 0.0697. The zero-order valence-electron chi connectivity index (χ0n) is 10.8. The number of carboxylic acid groups (broad SMARTS) is 1. The number of carboxylic acids is 1. The van der Waals surface area contributed by atoms with Crippen LogP contribution in [0.1, 0.15) is 36.0 Å². The first kappa shape index (κ1) is 12.8. The lowest BCUT2D eigenvalue weighted by atomic mass is 10.1. The molecular formula is C15H18ClNO2. The fraction of sp³-hybridized carbons (Fsp3) is 0.533. The number of nitrogens with zero attached hydrogens (tertiary/aromatic N) is 1. The van der Waals surface area contributed by atoms with Crippen LogP contribution >= 0.6 is 11.6 Å². The molecule has 3 nitrogen and oxygen atoms in total. The van der Waals surface area contributed by atoms with Gasteiger partial charge in [-0.1, -0.05) is 11.6 Å². The zero-order valence-corrected chi connectivity index (χ0v) is 11.6. The Morgan fingerprint density at radius 1 is 1.21 bits per heavy atom. The van der Waals surface area contributed by atoms with Crippen LogP contribution in [0.25, 0.3) is 0 Å². The molecule has 0 bridgehead atoms. The summed E-state index contributed by atoms with van der Waals surface area (Å²) in [5.74, 6) is 0.673. The van der Waals surface area contributed by atoms with Crippen LogP contribution in [0.15, 0.2) is 18.2 Å². The fourth-order valence-electron chi connectivity index (χ4n) is 2.39. The highest BCUT2D eigenvalue weighted by Crippen LogP contribution is 2.37. The molecule has 1 aromatic rings. The molecule has 0 spiro atoms. The molecule has 0 unspecified atom stereocenters. The Hall–Kier alpha value is -1.22. The van der Waals surface area contributed by atoms with E-state index in [9.17, 15) is 4.79 Å². The van der Waals surface area contributed by atoms with Crippen LogP contribution in [0.3, 0.4) is 0 Å². The summed E-state index contributed by atoms with van der Waals surface area (Å²) in [6.45, 7) is 2.12. The second-order valence-corrected chi connectivity index (χ2v) is 6.17. The summed E-state index contributed by atoms with van der Waals surface area (Å²) in [6.07, 6.45) is 5.25. The van der Waals surface area contributed by atoms with E-state index in [4.69, 9.17) is 16.7 Å². The summed E-state index contributed by atoms with van der Waals surface area (Å²) in [7, 11) is 0. The first-order valence-corrected chi connectivity index (χ1v) is 7.29. The molecule has 2 saturated carbocycles. The van der Waals surface area contributed by atoms with Gasteiger partial charge >= 0.3 is 5.97 Å². The maximum atomic E-state index is 10.9. The van der Waals surface area contributed by atoms with Gasteiger partial charge in [-0.05, 0) is 55.7 Å². The van der Waals surface area contributed by atoms with Gasteiger partial charge in [0.2, 0.25) is 0 Å². The van der Waals surface area contributed by atoms with Gasteiger partial charge in [-0.3, -0.25) is 0 Å². The predicted octanol–water partition coefficient (Wildman–Crippen LogP) is 3.66. The van der Waals surface area contributed by atoms with Crippen LogP contribution in [0.2, 0.25) is 5.02 Å². The Labute approximate surface area is 118 Å². The van der Waals surface area contributed by atoms with Crippen molar-refractivity contribution in [1.82, 2.24) is 0 Å². The van der Waals surface area contributed by atoms with Crippen molar-refractivity contribution >= 4 is 23.3 Å². The molecule has 19 heavy (non-hydrogen) atoms. The third-order valence-electron chi connectivity index (χ3n) is 3.89. The fourth-order valence-corrected chi connectivity index (χ4v) is 2.69. The van der Waals surface area contributed by atoms with Crippen LogP contribution in [0.4, 0.5) is 5.69 Å². The average molecular weight is 280 g/mol. The van der Waals surface area contributed by atoms with Crippen molar-refractivity contribution in [3.63, 3.8) is 0 Å². The molecule has 0 atom stereocenters. The van der Waals surface area contributed by atoms with E-state index in [1.807, 2.05) is 6.07 Å². The minimum Gasteiger partial charge on any atom is -0.478 e. The van der Waals surface area contributed by atoms with E-state index in [2.05, 4.69) is 4.90 Å². The van der Waals surface area contributed by atoms with Gasteiger partial charge in [0.1, 0.15) is 0 Å². The maximum Gasteiger partial charge on any atom is 0.335 e.